The molecule has 1 heterocycles. The largest absolute Gasteiger partial charge is 0.345 e. The average Bonchev–Trinajstić information content (AvgIpc) is 2.21. The Hall–Kier alpha value is -1.09. The van der Waals surface area contributed by atoms with E-state index in [4.69, 9.17) is 11.6 Å². The first-order valence-electron chi connectivity index (χ1n) is 4.44. The normalized spacial score (nSPS) is 8.64. The molecule has 0 aliphatic heterocycles. The van der Waals surface area contributed by atoms with E-state index in [2.05, 4.69) is 4.98 Å². The van der Waals surface area contributed by atoms with Crippen LogP contribution in [-0.4, -0.2) is 29.9 Å². The van der Waals surface area contributed by atoms with E-state index in [-0.39, 0.29) is 5.91 Å². The van der Waals surface area contributed by atoms with Gasteiger partial charge in [-0.3, -0.25) is 4.79 Å². The molecule has 0 aromatic carbocycles. The van der Waals surface area contributed by atoms with Crippen molar-refractivity contribution in [1.82, 2.24) is 9.88 Å². The molecule has 0 aliphatic rings. The zero-order valence-corrected chi connectivity index (χ0v) is 9.67. The summed E-state index contributed by atoms with van der Waals surface area (Å²) in [5.74, 6) is -0.0702. The average molecular weight is 215 g/mol. The van der Waals surface area contributed by atoms with Crippen molar-refractivity contribution in [3.8, 4) is 0 Å². The smallest absolute Gasteiger partial charge is 0.254 e. The molecule has 1 aromatic rings. The molecule has 1 aromatic heterocycles. The second-order valence-electron chi connectivity index (χ2n) is 2.57. The van der Waals surface area contributed by atoms with Crippen LogP contribution in [0.5, 0.6) is 0 Å². The number of hydrogen-bond donors (Lipinski definition) is 0. The van der Waals surface area contributed by atoms with Crippen LogP contribution in [-0.2, 0) is 0 Å². The first-order chi connectivity index (χ1) is 6.61. The van der Waals surface area contributed by atoms with Crippen LogP contribution in [0.1, 0.15) is 24.2 Å². The Bertz CT molecular complexity index is 283. The lowest BCUT2D eigenvalue weighted by atomic mass is 10.2. The van der Waals surface area contributed by atoms with Crippen LogP contribution in [0.4, 0.5) is 0 Å². The highest BCUT2D eigenvalue weighted by Gasteiger charge is 2.06. The molecule has 0 spiro atoms. The lowest BCUT2D eigenvalue weighted by molar-refractivity contribution is 0.0827. The minimum atomic E-state index is -0.0702. The van der Waals surface area contributed by atoms with E-state index < -0.39 is 0 Å². The Balaban J connectivity index is 0.000000791. The fraction of sp³-hybridized carbons (Fsp3) is 0.400. The van der Waals surface area contributed by atoms with Gasteiger partial charge in [-0.25, -0.2) is 4.98 Å². The maximum Gasteiger partial charge on any atom is 0.254 e. The van der Waals surface area contributed by atoms with E-state index in [0.29, 0.717) is 10.7 Å². The fourth-order valence-electron chi connectivity index (χ4n) is 0.761. The molecule has 0 unspecified atom stereocenters. The van der Waals surface area contributed by atoms with Gasteiger partial charge in [-0.05, 0) is 12.1 Å². The summed E-state index contributed by atoms with van der Waals surface area (Å²) >= 11 is 5.56. The number of amides is 1. The van der Waals surface area contributed by atoms with Crippen molar-refractivity contribution in [2.75, 3.05) is 14.1 Å². The third-order valence-electron chi connectivity index (χ3n) is 1.38. The maximum atomic E-state index is 11.3. The molecule has 0 saturated heterocycles. The highest BCUT2D eigenvalue weighted by Crippen LogP contribution is 2.06. The minimum Gasteiger partial charge on any atom is -0.345 e. The third kappa shape index (κ3) is 3.75. The summed E-state index contributed by atoms with van der Waals surface area (Å²) in [6.07, 6.45) is 1.46. The predicted molar refractivity (Wildman–Crippen MR) is 58.6 cm³/mol. The molecule has 78 valence electrons. The maximum absolute atomic E-state index is 11.3. The standard InChI is InChI=1S/C8H9ClN2O.C2H6/c1-11(2)8(12)6-3-4-7(9)10-5-6;1-2/h3-5H,1-2H3;1-2H3. The van der Waals surface area contributed by atoms with Gasteiger partial charge in [0, 0.05) is 20.3 Å². The third-order valence-corrected chi connectivity index (χ3v) is 1.60. The van der Waals surface area contributed by atoms with Crippen molar-refractivity contribution in [3.63, 3.8) is 0 Å². The van der Waals surface area contributed by atoms with E-state index in [1.165, 1.54) is 11.1 Å². The number of pyridine rings is 1. The SMILES string of the molecule is CC.CN(C)C(=O)c1ccc(Cl)nc1. The van der Waals surface area contributed by atoms with Gasteiger partial charge in [0.2, 0.25) is 0 Å². The minimum absolute atomic E-state index is 0.0702. The molecule has 3 nitrogen and oxygen atoms in total. The summed E-state index contributed by atoms with van der Waals surface area (Å²) in [7, 11) is 3.38. The Labute approximate surface area is 89.7 Å². The van der Waals surface area contributed by atoms with Gasteiger partial charge in [-0.15, -0.1) is 0 Å². The van der Waals surface area contributed by atoms with Gasteiger partial charge in [0.15, 0.2) is 0 Å². The van der Waals surface area contributed by atoms with Gasteiger partial charge in [-0.1, -0.05) is 25.4 Å². The number of aromatic nitrogens is 1. The number of halogens is 1. The molecule has 1 rings (SSSR count). The summed E-state index contributed by atoms with van der Waals surface area (Å²) in [5, 5.41) is 0.394. The van der Waals surface area contributed by atoms with Gasteiger partial charge in [0.1, 0.15) is 5.15 Å². The molecular formula is C10H15ClN2O. The lowest BCUT2D eigenvalue weighted by Crippen LogP contribution is -2.21. The van der Waals surface area contributed by atoms with Crippen LogP contribution >= 0.6 is 11.6 Å². The fourth-order valence-corrected chi connectivity index (χ4v) is 0.872. The van der Waals surface area contributed by atoms with Crippen molar-refractivity contribution in [2.45, 2.75) is 13.8 Å². The molecule has 1 amide bonds. The van der Waals surface area contributed by atoms with Crippen molar-refractivity contribution in [2.24, 2.45) is 0 Å². The van der Waals surface area contributed by atoms with Gasteiger partial charge in [0.25, 0.3) is 5.91 Å². The molecule has 0 aliphatic carbocycles. The number of hydrogen-bond acceptors (Lipinski definition) is 2. The lowest BCUT2D eigenvalue weighted by Gasteiger charge is -2.08. The van der Waals surface area contributed by atoms with Crippen LogP contribution in [0.3, 0.4) is 0 Å². The molecule has 0 atom stereocenters. The van der Waals surface area contributed by atoms with Gasteiger partial charge in [0.05, 0.1) is 5.56 Å². The van der Waals surface area contributed by atoms with Crippen LogP contribution in [0.25, 0.3) is 0 Å². The Morgan fingerprint density at radius 3 is 2.29 bits per heavy atom. The van der Waals surface area contributed by atoms with Crippen molar-refractivity contribution < 1.29 is 4.79 Å². The summed E-state index contributed by atoms with van der Waals surface area (Å²) in [4.78, 5) is 16.6. The van der Waals surface area contributed by atoms with Gasteiger partial charge < -0.3 is 4.90 Å². The highest BCUT2D eigenvalue weighted by atomic mass is 35.5. The number of nitrogens with zero attached hydrogens (tertiary/aromatic N) is 2. The van der Waals surface area contributed by atoms with Crippen LogP contribution in [0.2, 0.25) is 5.15 Å². The van der Waals surface area contributed by atoms with Crippen LogP contribution in [0.15, 0.2) is 18.3 Å². The van der Waals surface area contributed by atoms with Gasteiger partial charge >= 0.3 is 0 Å². The summed E-state index contributed by atoms with van der Waals surface area (Å²) in [6.45, 7) is 4.00. The highest BCUT2D eigenvalue weighted by molar-refractivity contribution is 6.29. The van der Waals surface area contributed by atoms with Crippen molar-refractivity contribution in [3.05, 3.63) is 29.0 Å². The monoisotopic (exact) mass is 214 g/mol. The Morgan fingerprint density at radius 2 is 1.93 bits per heavy atom. The van der Waals surface area contributed by atoms with Crippen LogP contribution in [0, 0.1) is 0 Å². The number of rotatable bonds is 1. The van der Waals surface area contributed by atoms with E-state index in [1.54, 1.807) is 26.2 Å². The predicted octanol–water partition coefficient (Wildman–Crippen LogP) is 2.46. The first-order valence-corrected chi connectivity index (χ1v) is 4.82. The zero-order chi connectivity index (χ0) is 11.1. The second kappa shape index (κ2) is 6.38. The molecule has 4 heteroatoms. The van der Waals surface area contributed by atoms with E-state index in [1.807, 2.05) is 13.8 Å². The zero-order valence-electron chi connectivity index (χ0n) is 8.91. The molecule has 0 bridgehead atoms. The first kappa shape index (κ1) is 12.9. The van der Waals surface area contributed by atoms with E-state index in [9.17, 15) is 4.79 Å². The molecular weight excluding hydrogens is 200 g/mol. The number of carbonyl (C=O) groups excluding carboxylic acids is 1. The molecule has 0 radical (unpaired) electrons. The van der Waals surface area contributed by atoms with Crippen molar-refractivity contribution >= 4 is 17.5 Å². The van der Waals surface area contributed by atoms with Crippen LogP contribution < -0.4 is 0 Å². The summed E-state index contributed by atoms with van der Waals surface area (Å²) in [6, 6.07) is 3.25. The quantitative estimate of drug-likeness (QED) is 0.673. The summed E-state index contributed by atoms with van der Waals surface area (Å²) in [5.41, 5.74) is 0.546. The van der Waals surface area contributed by atoms with Crippen molar-refractivity contribution in [1.29, 1.82) is 0 Å². The van der Waals surface area contributed by atoms with Gasteiger partial charge in [-0.2, -0.15) is 0 Å². The Morgan fingerprint density at radius 1 is 1.36 bits per heavy atom. The molecule has 14 heavy (non-hydrogen) atoms. The number of carbonyl (C=O) groups is 1. The molecule has 0 N–H and O–H groups in total. The van der Waals surface area contributed by atoms with E-state index in [0.717, 1.165) is 0 Å². The second-order valence-corrected chi connectivity index (χ2v) is 2.96. The molecule has 0 fully saturated rings. The Kier molecular flexibility index (Phi) is 5.88. The topological polar surface area (TPSA) is 33.2 Å². The summed E-state index contributed by atoms with van der Waals surface area (Å²) < 4.78 is 0. The van der Waals surface area contributed by atoms with E-state index >= 15 is 0 Å². The molecule has 0 saturated carbocycles.